The number of pyridine rings is 1. The largest absolute Gasteiger partial charge is 0.265 e. The summed E-state index contributed by atoms with van der Waals surface area (Å²) in [5.41, 5.74) is 0. The van der Waals surface area contributed by atoms with E-state index in [4.69, 9.17) is 0 Å². The molecule has 0 saturated heterocycles. The van der Waals surface area contributed by atoms with Crippen LogP contribution in [0, 0.1) is 39.9 Å². The van der Waals surface area contributed by atoms with Gasteiger partial charge in [0.15, 0.2) is 0 Å². The van der Waals surface area contributed by atoms with Crippen molar-refractivity contribution >= 4 is 0 Å². The van der Waals surface area contributed by atoms with Crippen molar-refractivity contribution in [1.82, 2.24) is 4.98 Å². The second-order valence-corrected chi connectivity index (χ2v) is 1.02. The van der Waals surface area contributed by atoms with Crippen molar-refractivity contribution in [2.24, 2.45) is 0 Å². The van der Waals surface area contributed by atoms with Crippen molar-refractivity contribution < 1.29 is 39.9 Å². The summed E-state index contributed by atoms with van der Waals surface area (Å²) in [5.74, 6) is 0. The Labute approximate surface area is 74.8 Å². The minimum atomic E-state index is 0. The van der Waals surface area contributed by atoms with E-state index in [1.54, 1.807) is 12.4 Å². The number of nitrogens with zero attached hydrogens (tertiary/aromatic N) is 1. The maximum Gasteiger partial charge on any atom is 0.0267 e. The standard InChI is InChI=1S/C5H5N.Gd/c1-2-4-6-5-3-1;/h1-5H;. The van der Waals surface area contributed by atoms with E-state index in [0.717, 1.165) is 0 Å². The Balaban J connectivity index is 0.000000360. The number of hydrogen-bond donors (Lipinski definition) is 0. The van der Waals surface area contributed by atoms with Crippen molar-refractivity contribution in [2.75, 3.05) is 0 Å². The second-order valence-electron chi connectivity index (χ2n) is 1.02. The molecule has 0 radical (unpaired) electrons. The van der Waals surface area contributed by atoms with Crippen LogP contribution >= 0.6 is 0 Å². The molecule has 2 heteroatoms. The van der Waals surface area contributed by atoms with Crippen LogP contribution < -0.4 is 0 Å². The Bertz CT molecular complexity index is 80.0. The molecule has 0 aliphatic carbocycles. The van der Waals surface area contributed by atoms with Crippen LogP contribution in [0.25, 0.3) is 0 Å². The maximum atomic E-state index is 3.78. The molecule has 0 aliphatic rings. The molecule has 0 unspecified atom stereocenters. The van der Waals surface area contributed by atoms with Gasteiger partial charge in [-0.1, -0.05) is 6.07 Å². The number of aromatic nitrogens is 1. The van der Waals surface area contributed by atoms with Gasteiger partial charge in [0.25, 0.3) is 0 Å². The third kappa shape index (κ3) is 3.09. The van der Waals surface area contributed by atoms with Gasteiger partial charge < -0.3 is 0 Å². The van der Waals surface area contributed by atoms with Gasteiger partial charge in [-0.2, -0.15) is 0 Å². The Morgan fingerprint density at radius 2 is 1.43 bits per heavy atom. The normalized spacial score (nSPS) is 6.86. The summed E-state index contributed by atoms with van der Waals surface area (Å²) in [6.07, 6.45) is 3.50. The molecule has 0 aromatic carbocycles. The topological polar surface area (TPSA) is 12.9 Å². The molecule has 1 aromatic rings. The summed E-state index contributed by atoms with van der Waals surface area (Å²) in [6.45, 7) is 0. The first-order valence-corrected chi connectivity index (χ1v) is 1.85. The smallest absolute Gasteiger partial charge is 0.0267 e. The molecular formula is C5H5GdN. The van der Waals surface area contributed by atoms with Crippen molar-refractivity contribution in [1.29, 1.82) is 0 Å². The van der Waals surface area contributed by atoms with Gasteiger partial charge in [-0.25, -0.2) is 0 Å². The molecule has 0 fully saturated rings. The van der Waals surface area contributed by atoms with E-state index in [9.17, 15) is 0 Å². The van der Waals surface area contributed by atoms with E-state index >= 15 is 0 Å². The predicted molar refractivity (Wildman–Crippen MR) is 24.2 cm³/mol. The first-order chi connectivity index (χ1) is 3.00. The molecule has 0 N–H and O–H groups in total. The minimum Gasteiger partial charge on any atom is -0.265 e. The zero-order valence-electron chi connectivity index (χ0n) is 3.69. The van der Waals surface area contributed by atoms with Gasteiger partial charge in [-0.3, -0.25) is 4.98 Å². The van der Waals surface area contributed by atoms with E-state index in [0.29, 0.717) is 0 Å². The molecule has 0 bridgehead atoms. The van der Waals surface area contributed by atoms with E-state index < -0.39 is 0 Å². The van der Waals surface area contributed by atoms with Crippen LogP contribution in [0.5, 0.6) is 0 Å². The van der Waals surface area contributed by atoms with Gasteiger partial charge in [-0.15, -0.1) is 0 Å². The summed E-state index contributed by atoms with van der Waals surface area (Å²) in [4.78, 5) is 3.78. The van der Waals surface area contributed by atoms with Crippen LogP contribution in [0.2, 0.25) is 0 Å². The summed E-state index contributed by atoms with van der Waals surface area (Å²) in [5, 5.41) is 0. The van der Waals surface area contributed by atoms with Gasteiger partial charge in [0.2, 0.25) is 0 Å². The van der Waals surface area contributed by atoms with Gasteiger partial charge in [-0.05, 0) is 12.1 Å². The van der Waals surface area contributed by atoms with E-state index in [-0.39, 0.29) is 39.9 Å². The Morgan fingerprint density at radius 3 is 1.57 bits per heavy atom. The van der Waals surface area contributed by atoms with Crippen molar-refractivity contribution in [3.05, 3.63) is 30.6 Å². The molecule has 7 heavy (non-hydrogen) atoms. The number of hydrogen-bond acceptors (Lipinski definition) is 1. The van der Waals surface area contributed by atoms with Gasteiger partial charge in [0, 0.05) is 52.3 Å². The Hall–Kier alpha value is 0.475. The van der Waals surface area contributed by atoms with Crippen molar-refractivity contribution in [3.63, 3.8) is 0 Å². The van der Waals surface area contributed by atoms with Crippen LogP contribution in [-0.2, 0) is 0 Å². The summed E-state index contributed by atoms with van der Waals surface area (Å²) >= 11 is 0. The van der Waals surface area contributed by atoms with Crippen LogP contribution in [0.15, 0.2) is 30.6 Å². The van der Waals surface area contributed by atoms with Crippen LogP contribution in [0.4, 0.5) is 0 Å². The third-order valence-corrected chi connectivity index (χ3v) is 0.566. The molecule has 0 saturated carbocycles. The van der Waals surface area contributed by atoms with E-state index in [1.165, 1.54) is 0 Å². The minimum absolute atomic E-state index is 0. The molecule has 1 heterocycles. The van der Waals surface area contributed by atoms with Gasteiger partial charge in [0.05, 0.1) is 0 Å². The molecule has 38 valence electrons. The molecule has 0 spiro atoms. The van der Waals surface area contributed by atoms with Gasteiger partial charge in [0.1, 0.15) is 0 Å². The first-order valence-electron chi connectivity index (χ1n) is 1.85. The average Bonchev–Trinajstić information content (AvgIpc) is 1.72. The SMILES string of the molecule is [Gd].c1ccncc1. The fourth-order valence-electron chi connectivity index (χ4n) is 0.313. The quantitative estimate of drug-likeness (QED) is 0.657. The molecular weight excluding hydrogens is 231 g/mol. The number of rotatable bonds is 0. The molecule has 1 nitrogen and oxygen atoms in total. The zero-order valence-corrected chi connectivity index (χ0v) is 5.96. The van der Waals surface area contributed by atoms with Crippen LogP contribution in [0.1, 0.15) is 0 Å². The molecule has 0 aliphatic heterocycles. The Morgan fingerprint density at radius 1 is 0.857 bits per heavy atom. The molecule has 0 atom stereocenters. The van der Waals surface area contributed by atoms with Crippen molar-refractivity contribution in [3.8, 4) is 0 Å². The summed E-state index contributed by atoms with van der Waals surface area (Å²) in [7, 11) is 0. The Kier molecular flexibility index (Phi) is 4.94. The maximum absolute atomic E-state index is 3.78. The monoisotopic (exact) mass is 237 g/mol. The molecule has 0 amide bonds. The predicted octanol–water partition coefficient (Wildman–Crippen LogP) is 1.08. The fraction of sp³-hybridized carbons (Fsp3) is 0. The third-order valence-electron chi connectivity index (χ3n) is 0.566. The van der Waals surface area contributed by atoms with Crippen LogP contribution in [0.3, 0.4) is 0 Å². The zero-order chi connectivity index (χ0) is 4.24. The molecule has 1 rings (SSSR count). The fourth-order valence-corrected chi connectivity index (χ4v) is 0.313. The average molecular weight is 236 g/mol. The molecule has 1 aromatic heterocycles. The van der Waals surface area contributed by atoms with Gasteiger partial charge >= 0.3 is 0 Å². The van der Waals surface area contributed by atoms with Crippen LogP contribution in [-0.4, -0.2) is 4.98 Å². The van der Waals surface area contributed by atoms with E-state index in [1.807, 2.05) is 18.2 Å². The summed E-state index contributed by atoms with van der Waals surface area (Å²) in [6, 6.07) is 5.72. The first kappa shape index (κ1) is 7.47. The van der Waals surface area contributed by atoms with Crippen molar-refractivity contribution in [2.45, 2.75) is 0 Å². The summed E-state index contributed by atoms with van der Waals surface area (Å²) < 4.78 is 0. The second kappa shape index (κ2) is 4.63. The van der Waals surface area contributed by atoms with E-state index in [2.05, 4.69) is 4.98 Å².